The van der Waals surface area contributed by atoms with Crippen molar-refractivity contribution in [1.82, 2.24) is 0 Å². The summed E-state index contributed by atoms with van der Waals surface area (Å²) in [7, 11) is 0. The molecule has 0 atom stereocenters. The van der Waals surface area contributed by atoms with E-state index in [2.05, 4.69) is 20.8 Å². The predicted octanol–water partition coefficient (Wildman–Crippen LogP) is 7.86. The molecule has 1 rings (SSSR count). The van der Waals surface area contributed by atoms with Gasteiger partial charge in [0.2, 0.25) is 0 Å². The van der Waals surface area contributed by atoms with Crippen molar-refractivity contribution in [2.45, 2.75) is 116 Å². The Labute approximate surface area is 162 Å². The Hall–Kier alpha value is -1.18. The summed E-state index contributed by atoms with van der Waals surface area (Å²) in [6.07, 6.45) is 17.7. The average molecular weight is 363 g/mol. The second-order valence-electron chi connectivity index (χ2n) is 8.27. The third kappa shape index (κ3) is 8.01. The number of hydrogen-bond donors (Lipinski definition) is 2. The molecule has 150 valence electrons. The summed E-state index contributed by atoms with van der Waals surface area (Å²) in [4.78, 5) is 0. The van der Waals surface area contributed by atoms with Crippen molar-refractivity contribution >= 4 is 0 Å². The van der Waals surface area contributed by atoms with E-state index in [1.807, 2.05) is 12.1 Å². The molecular formula is C24H42O2. The van der Waals surface area contributed by atoms with Crippen molar-refractivity contribution in [3.05, 3.63) is 23.8 Å². The fraction of sp³-hybridized carbons (Fsp3) is 0.750. The number of aromatic hydroxyl groups is 2. The van der Waals surface area contributed by atoms with Gasteiger partial charge in [0.05, 0.1) is 0 Å². The first-order valence-electron chi connectivity index (χ1n) is 11.1. The second-order valence-corrected chi connectivity index (χ2v) is 8.27. The van der Waals surface area contributed by atoms with Gasteiger partial charge in [-0.15, -0.1) is 0 Å². The maximum atomic E-state index is 10.4. The van der Waals surface area contributed by atoms with Crippen LogP contribution in [0.4, 0.5) is 0 Å². The molecule has 0 heterocycles. The Morgan fingerprint density at radius 2 is 1.15 bits per heavy atom. The summed E-state index contributed by atoms with van der Waals surface area (Å²) in [5.74, 6) is 0.103. The van der Waals surface area contributed by atoms with Crippen molar-refractivity contribution in [2.75, 3.05) is 0 Å². The van der Waals surface area contributed by atoms with Crippen molar-refractivity contribution in [3.8, 4) is 11.5 Å². The summed E-state index contributed by atoms with van der Waals surface area (Å²) in [5.41, 5.74) is 0.887. The van der Waals surface area contributed by atoms with E-state index in [-0.39, 0.29) is 16.9 Å². The van der Waals surface area contributed by atoms with Gasteiger partial charge in [-0.1, -0.05) is 110 Å². The lowest BCUT2D eigenvalue weighted by molar-refractivity contribution is 0.335. The molecule has 0 saturated carbocycles. The molecule has 26 heavy (non-hydrogen) atoms. The molecule has 2 heteroatoms. The third-order valence-electron chi connectivity index (χ3n) is 5.83. The number of phenolic OH excluding ortho intramolecular Hbond substituents is 2. The zero-order valence-electron chi connectivity index (χ0n) is 17.5. The third-order valence-corrected chi connectivity index (χ3v) is 5.83. The van der Waals surface area contributed by atoms with E-state index in [1.54, 1.807) is 6.07 Å². The van der Waals surface area contributed by atoms with Crippen LogP contribution in [0.3, 0.4) is 0 Å². The van der Waals surface area contributed by atoms with E-state index in [9.17, 15) is 10.2 Å². The van der Waals surface area contributed by atoms with Crippen LogP contribution in [0, 0.1) is 0 Å². The van der Waals surface area contributed by atoms with Gasteiger partial charge in [0.1, 0.15) is 0 Å². The first-order valence-corrected chi connectivity index (χ1v) is 11.1. The fourth-order valence-electron chi connectivity index (χ4n) is 4.00. The zero-order chi connectivity index (χ0) is 19.3. The normalized spacial score (nSPS) is 11.8. The van der Waals surface area contributed by atoms with Crippen LogP contribution >= 0.6 is 0 Å². The summed E-state index contributed by atoms with van der Waals surface area (Å²) < 4.78 is 0. The first-order chi connectivity index (χ1) is 12.5. The largest absolute Gasteiger partial charge is 0.504 e. The van der Waals surface area contributed by atoms with Gasteiger partial charge in [-0.25, -0.2) is 0 Å². The molecule has 2 N–H and O–H groups in total. The van der Waals surface area contributed by atoms with Gasteiger partial charge in [-0.05, 0) is 24.3 Å². The number of para-hydroxylation sites is 1. The Bertz CT molecular complexity index is 465. The minimum atomic E-state index is -0.0433. The maximum Gasteiger partial charge on any atom is 0.161 e. The Morgan fingerprint density at radius 3 is 1.65 bits per heavy atom. The standard InChI is InChI=1S/C24H42O2/c1-4-6-8-10-12-14-19-24(3,20-15-13-11-9-7-5-2)21-17-16-18-22(25)23(21)26/h16-18,25-26H,4-15,19-20H2,1-3H3. The summed E-state index contributed by atoms with van der Waals surface area (Å²) >= 11 is 0. The molecule has 0 aromatic heterocycles. The smallest absolute Gasteiger partial charge is 0.161 e. The molecular weight excluding hydrogens is 320 g/mol. The first kappa shape index (κ1) is 22.9. The predicted molar refractivity (Wildman–Crippen MR) is 113 cm³/mol. The van der Waals surface area contributed by atoms with Crippen LogP contribution in [0.15, 0.2) is 18.2 Å². The van der Waals surface area contributed by atoms with Crippen LogP contribution in [0.2, 0.25) is 0 Å². The van der Waals surface area contributed by atoms with E-state index in [0.29, 0.717) is 0 Å². The second kappa shape index (κ2) is 13.1. The molecule has 0 aliphatic heterocycles. The minimum Gasteiger partial charge on any atom is -0.504 e. The Kier molecular flexibility index (Phi) is 11.5. The lowest BCUT2D eigenvalue weighted by Gasteiger charge is -2.31. The van der Waals surface area contributed by atoms with E-state index < -0.39 is 0 Å². The van der Waals surface area contributed by atoms with Crippen molar-refractivity contribution in [3.63, 3.8) is 0 Å². The Balaban J connectivity index is 2.63. The van der Waals surface area contributed by atoms with Crippen LogP contribution < -0.4 is 0 Å². The van der Waals surface area contributed by atoms with E-state index in [4.69, 9.17) is 0 Å². The average Bonchev–Trinajstić information content (AvgIpc) is 2.63. The monoisotopic (exact) mass is 362 g/mol. The van der Waals surface area contributed by atoms with Crippen LogP contribution in [0.25, 0.3) is 0 Å². The molecule has 1 aromatic rings. The molecule has 0 bridgehead atoms. The highest BCUT2D eigenvalue weighted by atomic mass is 16.3. The molecule has 0 amide bonds. The van der Waals surface area contributed by atoms with Gasteiger partial charge in [-0.2, -0.15) is 0 Å². The minimum absolute atomic E-state index is 0.0135. The van der Waals surface area contributed by atoms with Gasteiger partial charge in [0.25, 0.3) is 0 Å². The SMILES string of the molecule is CCCCCCCCC(C)(CCCCCCCC)c1cccc(O)c1O. The number of benzene rings is 1. The van der Waals surface area contributed by atoms with E-state index in [0.717, 1.165) is 18.4 Å². The van der Waals surface area contributed by atoms with Gasteiger partial charge < -0.3 is 10.2 Å². The van der Waals surface area contributed by atoms with Gasteiger partial charge in [0.15, 0.2) is 11.5 Å². The summed E-state index contributed by atoms with van der Waals surface area (Å²) in [6, 6.07) is 5.45. The van der Waals surface area contributed by atoms with Gasteiger partial charge >= 0.3 is 0 Å². The van der Waals surface area contributed by atoms with Crippen LogP contribution in [0.1, 0.15) is 116 Å². The van der Waals surface area contributed by atoms with E-state index >= 15 is 0 Å². The molecule has 0 fully saturated rings. The lowest BCUT2D eigenvalue weighted by Crippen LogP contribution is -2.22. The molecule has 2 nitrogen and oxygen atoms in total. The molecule has 0 aliphatic rings. The highest BCUT2D eigenvalue weighted by molar-refractivity contribution is 5.48. The van der Waals surface area contributed by atoms with Crippen LogP contribution in [0.5, 0.6) is 11.5 Å². The molecule has 0 spiro atoms. The zero-order valence-corrected chi connectivity index (χ0v) is 17.5. The summed E-state index contributed by atoms with van der Waals surface area (Å²) in [6.45, 7) is 6.78. The number of hydrogen-bond acceptors (Lipinski definition) is 2. The summed E-state index contributed by atoms with van der Waals surface area (Å²) in [5, 5.41) is 20.4. The molecule has 0 unspecified atom stereocenters. The number of phenols is 2. The molecule has 0 aliphatic carbocycles. The Morgan fingerprint density at radius 1 is 0.692 bits per heavy atom. The number of rotatable bonds is 15. The van der Waals surface area contributed by atoms with Crippen molar-refractivity contribution < 1.29 is 10.2 Å². The highest BCUT2D eigenvalue weighted by Gasteiger charge is 2.29. The molecule has 1 aromatic carbocycles. The highest BCUT2D eigenvalue weighted by Crippen LogP contribution is 2.43. The van der Waals surface area contributed by atoms with Gasteiger partial charge in [-0.3, -0.25) is 0 Å². The van der Waals surface area contributed by atoms with E-state index in [1.165, 1.54) is 77.0 Å². The van der Waals surface area contributed by atoms with Gasteiger partial charge in [0, 0.05) is 5.56 Å². The fourth-order valence-corrected chi connectivity index (χ4v) is 4.00. The molecule has 0 radical (unpaired) electrons. The lowest BCUT2D eigenvalue weighted by atomic mass is 9.73. The topological polar surface area (TPSA) is 40.5 Å². The number of unbranched alkanes of at least 4 members (excludes halogenated alkanes) is 10. The van der Waals surface area contributed by atoms with Crippen LogP contribution in [-0.2, 0) is 5.41 Å². The quantitative estimate of drug-likeness (QED) is 0.246. The van der Waals surface area contributed by atoms with Crippen LogP contribution in [-0.4, -0.2) is 10.2 Å². The maximum absolute atomic E-state index is 10.4. The van der Waals surface area contributed by atoms with Crippen molar-refractivity contribution in [2.24, 2.45) is 0 Å². The van der Waals surface area contributed by atoms with Crippen molar-refractivity contribution in [1.29, 1.82) is 0 Å². The molecule has 0 saturated heterocycles.